The van der Waals surface area contributed by atoms with E-state index in [1.54, 1.807) is 5.57 Å². The van der Waals surface area contributed by atoms with Gasteiger partial charge in [-0.3, -0.25) is 0 Å². The molecule has 0 heterocycles. The Labute approximate surface area is 128 Å². The summed E-state index contributed by atoms with van der Waals surface area (Å²) < 4.78 is 0. The van der Waals surface area contributed by atoms with Gasteiger partial charge in [0.25, 0.3) is 0 Å². The van der Waals surface area contributed by atoms with E-state index in [9.17, 15) is 0 Å². The van der Waals surface area contributed by atoms with Crippen LogP contribution < -0.4 is 0 Å². The molecule has 0 amide bonds. The van der Waals surface area contributed by atoms with Crippen molar-refractivity contribution in [2.45, 2.75) is 97.8 Å². The molecule has 0 aromatic heterocycles. The van der Waals surface area contributed by atoms with Crippen LogP contribution in [0.1, 0.15) is 97.8 Å². The lowest BCUT2D eigenvalue weighted by molar-refractivity contribution is 0.448. The lowest BCUT2D eigenvalue weighted by Crippen LogP contribution is -1.94. The van der Waals surface area contributed by atoms with Crippen LogP contribution in [0.5, 0.6) is 0 Å². The second-order valence-corrected chi connectivity index (χ2v) is 6.47. The van der Waals surface area contributed by atoms with Crippen LogP contribution in [0.2, 0.25) is 0 Å². The quantitative estimate of drug-likeness (QED) is 0.228. The number of allylic oxidation sites excluding steroid dienone is 3. The topological polar surface area (TPSA) is 0 Å². The van der Waals surface area contributed by atoms with Gasteiger partial charge in [-0.2, -0.15) is 0 Å². The third-order valence-electron chi connectivity index (χ3n) is 4.17. The molecule has 0 fully saturated rings. The summed E-state index contributed by atoms with van der Waals surface area (Å²) in [5, 5.41) is 0. The van der Waals surface area contributed by atoms with Crippen molar-refractivity contribution < 1.29 is 0 Å². The van der Waals surface area contributed by atoms with E-state index in [0.717, 1.165) is 5.92 Å². The molecule has 0 nitrogen and oxygen atoms in total. The van der Waals surface area contributed by atoms with Gasteiger partial charge in [0.1, 0.15) is 0 Å². The summed E-state index contributed by atoms with van der Waals surface area (Å²) in [4.78, 5) is 0. The molecule has 20 heavy (non-hydrogen) atoms. The smallest absolute Gasteiger partial charge is 0.0323 e. The molecule has 0 aliphatic heterocycles. The molecule has 1 atom stereocenters. The maximum atomic E-state index is 3.77. The van der Waals surface area contributed by atoms with Crippen LogP contribution in [0.4, 0.5) is 0 Å². The fourth-order valence-corrected chi connectivity index (χ4v) is 2.67. The number of hydrogen-bond donors (Lipinski definition) is 0. The molecule has 0 rings (SSSR count). The maximum Gasteiger partial charge on any atom is -0.0323 e. The number of unbranched alkanes of at least 4 members (excludes halogenated alkanes) is 6. The second-order valence-electron chi connectivity index (χ2n) is 6.47. The normalized spacial score (nSPS) is 13.4. The summed E-state index contributed by atoms with van der Waals surface area (Å²) in [6.07, 6.45) is 20.7. The first-order valence-corrected chi connectivity index (χ1v) is 8.97. The minimum absolute atomic E-state index is 0.924. The van der Waals surface area contributed by atoms with Crippen molar-refractivity contribution in [1.29, 1.82) is 0 Å². The van der Waals surface area contributed by atoms with Crippen molar-refractivity contribution in [2.75, 3.05) is 0 Å². The van der Waals surface area contributed by atoms with Gasteiger partial charge in [-0.05, 0) is 51.4 Å². The van der Waals surface area contributed by atoms with Crippen molar-refractivity contribution in [3.63, 3.8) is 0 Å². The highest BCUT2D eigenvalue weighted by atomic mass is 14.1. The first kappa shape index (κ1) is 19.5. The minimum atomic E-state index is 0.924. The Morgan fingerprint density at radius 2 is 1.70 bits per heavy atom. The Morgan fingerprint density at radius 1 is 0.950 bits per heavy atom. The zero-order valence-corrected chi connectivity index (χ0v) is 14.4. The molecular formula is C20H38. The van der Waals surface area contributed by atoms with Gasteiger partial charge < -0.3 is 0 Å². The van der Waals surface area contributed by atoms with Gasteiger partial charge in [0.15, 0.2) is 0 Å². The fraction of sp³-hybridized carbons (Fsp3) is 0.800. The fourth-order valence-electron chi connectivity index (χ4n) is 2.67. The highest BCUT2D eigenvalue weighted by Gasteiger charge is 2.01. The van der Waals surface area contributed by atoms with Crippen molar-refractivity contribution in [1.82, 2.24) is 0 Å². The van der Waals surface area contributed by atoms with E-state index in [1.807, 2.05) is 6.08 Å². The Bertz CT molecular complexity index is 236. The van der Waals surface area contributed by atoms with E-state index in [1.165, 1.54) is 77.0 Å². The van der Waals surface area contributed by atoms with Crippen LogP contribution in [0.15, 0.2) is 24.3 Å². The molecule has 0 bridgehead atoms. The molecule has 0 aliphatic carbocycles. The van der Waals surface area contributed by atoms with Gasteiger partial charge in [-0.25, -0.2) is 0 Å². The Kier molecular flexibility index (Phi) is 14.5. The van der Waals surface area contributed by atoms with Crippen LogP contribution in [0.3, 0.4) is 0 Å². The average molecular weight is 279 g/mol. The first-order chi connectivity index (χ1) is 9.70. The lowest BCUT2D eigenvalue weighted by Gasteiger charge is -2.10. The minimum Gasteiger partial charge on any atom is -0.103 e. The molecule has 118 valence electrons. The summed E-state index contributed by atoms with van der Waals surface area (Å²) >= 11 is 0. The van der Waals surface area contributed by atoms with Crippen molar-refractivity contribution >= 4 is 0 Å². The Balaban J connectivity index is 3.45. The third kappa shape index (κ3) is 13.9. The van der Waals surface area contributed by atoms with Gasteiger partial charge in [0.05, 0.1) is 0 Å². The van der Waals surface area contributed by atoms with E-state index in [0.29, 0.717) is 0 Å². The van der Waals surface area contributed by atoms with Crippen LogP contribution >= 0.6 is 0 Å². The number of hydrogen-bond acceptors (Lipinski definition) is 0. The SMILES string of the molecule is C=CCCCCC(C)=CCCCC(C)CCCCCC. The molecular weight excluding hydrogens is 240 g/mol. The van der Waals surface area contributed by atoms with Crippen LogP contribution in [-0.4, -0.2) is 0 Å². The molecule has 0 aliphatic rings. The van der Waals surface area contributed by atoms with Crippen LogP contribution in [0.25, 0.3) is 0 Å². The molecule has 0 saturated heterocycles. The first-order valence-electron chi connectivity index (χ1n) is 8.97. The summed E-state index contributed by atoms with van der Waals surface area (Å²) in [7, 11) is 0. The monoisotopic (exact) mass is 278 g/mol. The van der Waals surface area contributed by atoms with Gasteiger partial charge in [-0.15, -0.1) is 6.58 Å². The molecule has 0 aromatic rings. The van der Waals surface area contributed by atoms with E-state index in [4.69, 9.17) is 0 Å². The van der Waals surface area contributed by atoms with E-state index < -0.39 is 0 Å². The Morgan fingerprint density at radius 3 is 2.40 bits per heavy atom. The van der Waals surface area contributed by atoms with Gasteiger partial charge in [-0.1, -0.05) is 70.1 Å². The van der Waals surface area contributed by atoms with E-state index in [-0.39, 0.29) is 0 Å². The van der Waals surface area contributed by atoms with Crippen molar-refractivity contribution in [3.05, 3.63) is 24.3 Å². The van der Waals surface area contributed by atoms with Crippen molar-refractivity contribution in [2.24, 2.45) is 5.92 Å². The molecule has 0 radical (unpaired) electrons. The zero-order chi connectivity index (χ0) is 15.1. The predicted octanol–water partition coefficient (Wildman–Crippen LogP) is 7.46. The molecule has 1 unspecified atom stereocenters. The zero-order valence-electron chi connectivity index (χ0n) is 14.4. The average Bonchev–Trinajstić information content (AvgIpc) is 2.44. The summed E-state index contributed by atoms with van der Waals surface area (Å²) in [5.41, 5.74) is 1.59. The van der Waals surface area contributed by atoms with Crippen LogP contribution in [-0.2, 0) is 0 Å². The molecule has 0 spiro atoms. The third-order valence-corrected chi connectivity index (χ3v) is 4.17. The largest absolute Gasteiger partial charge is 0.103 e. The van der Waals surface area contributed by atoms with E-state index in [2.05, 4.69) is 33.4 Å². The van der Waals surface area contributed by atoms with Crippen LogP contribution in [0, 0.1) is 5.92 Å². The molecule has 0 saturated carbocycles. The molecule has 0 N–H and O–H groups in total. The van der Waals surface area contributed by atoms with Gasteiger partial charge in [0, 0.05) is 0 Å². The summed E-state index contributed by atoms with van der Waals surface area (Å²) in [5.74, 6) is 0.924. The van der Waals surface area contributed by atoms with Gasteiger partial charge >= 0.3 is 0 Å². The van der Waals surface area contributed by atoms with Crippen molar-refractivity contribution in [3.8, 4) is 0 Å². The standard InChI is InChI=1S/C20H38/c1-5-7-9-11-15-19(3)17-13-14-18-20(4)16-12-10-8-6-2/h5,17,20H,1,6-16,18H2,2-4H3. The summed E-state index contributed by atoms with van der Waals surface area (Å²) in [6.45, 7) is 10.8. The molecule has 0 aromatic carbocycles. The van der Waals surface area contributed by atoms with E-state index >= 15 is 0 Å². The van der Waals surface area contributed by atoms with Gasteiger partial charge in [0.2, 0.25) is 0 Å². The summed E-state index contributed by atoms with van der Waals surface area (Å²) in [6, 6.07) is 0. The highest BCUT2D eigenvalue weighted by molar-refractivity contribution is 4.97. The number of rotatable bonds is 14. The second kappa shape index (κ2) is 14.9. The maximum absolute atomic E-state index is 3.77. The molecule has 0 heteroatoms. The highest BCUT2D eigenvalue weighted by Crippen LogP contribution is 2.17. The Hall–Kier alpha value is -0.520. The lowest BCUT2D eigenvalue weighted by atomic mass is 9.96. The predicted molar refractivity (Wildman–Crippen MR) is 94.2 cm³/mol.